The Labute approximate surface area is 119 Å². The number of hydrogen-bond acceptors (Lipinski definition) is 3. The average molecular weight is 279 g/mol. The van der Waals surface area contributed by atoms with Gasteiger partial charge in [-0.3, -0.25) is 9.69 Å². The molecule has 0 radical (unpaired) electrons. The summed E-state index contributed by atoms with van der Waals surface area (Å²) in [5.74, 6) is -0.123. The van der Waals surface area contributed by atoms with Crippen molar-refractivity contribution in [3.63, 3.8) is 0 Å². The zero-order valence-corrected chi connectivity index (χ0v) is 12.0. The maximum atomic E-state index is 12.8. The maximum Gasteiger partial charge on any atom is 0.151 e. The zero-order valence-electron chi connectivity index (χ0n) is 12.0. The van der Waals surface area contributed by atoms with Gasteiger partial charge in [0.15, 0.2) is 5.78 Å². The van der Waals surface area contributed by atoms with Gasteiger partial charge in [-0.05, 0) is 44.0 Å². The topological polar surface area (TPSA) is 29.5 Å². The van der Waals surface area contributed by atoms with E-state index in [-0.39, 0.29) is 17.7 Å². The van der Waals surface area contributed by atoms with E-state index in [1.54, 1.807) is 12.1 Å². The largest absolute Gasteiger partial charge is 0.377 e. The summed E-state index contributed by atoms with van der Waals surface area (Å²) in [7, 11) is 1.94. The molecular formula is C16H22FNO2. The fourth-order valence-electron chi connectivity index (χ4n) is 2.55. The lowest BCUT2D eigenvalue weighted by Gasteiger charge is -2.27. The first-order valence-corrected chi connectivity index (χ1v) is 7.20. The van der Waals surface area contributed by atoms with Crippen molar-refractivity contribution < 1.29 is 13.9 Å². The van der Waals surface area contributed by atoms with Gasteiger partial charge < -0.3 is 4.74 Å². The van der Waals surface area contributed by atoms with Crippen molar-refractivity contribution in [2.75, 3.05) is 26.7 Å². The zero-order chi connectivity index (χ0) is 14.4. The van der Waals surface area contributed by atoms with Gasteiger partial charge in [0.25, 0.3) is 0 Å². The second-order valence-electron chi connectivity index (χ2n) is 5.53. The Morgan fingerprint density at radius 3 is 2.75 bits per heavy atom. The highest BCUT2D eigenvalue weighted by atomic mass is 19.1. The summed E-state index contributed by atoms with van der Waals surface area (Å²) in [6, 6.07) is 6.11. The fourth-order valence-corrected chi connectivity index (χ4v) is 2.55. The Morgan fingerprint density at radius 2 is 2.10 bits per heavy atom. The predicted molar refractivity (Wildman–Crippen MR) is 76.2 cm³/mol. The van der Waals surface area contributed by atoms with Crippen LogP contribution >= 0.6 is 0 Å². The number of likely N-dealkylation sites (N-methyl/N-ethyl adjacent to an activating group) is 1. The van der Waals surface area contributed by atoms with Crippen molar-refractivity contribution >= 4 is 5.78 Å². The van der Waals surface area contributed by atoms with Crippen molar-refractivity contribution in [3.8, 4) is 0 Å². The summed E-state index contributed by atoms with van der Waals surface area (Å²) in [6.45, 7) is 2.05. The van der Waals surface area contributed by atoms with E-state index in [4.69, 9.17) is 4.74 Å². The first kappa shape index (κ1) is 15.1. The van der Waals surface area contributed by atoms with E-state index in [1.165, 1.54) is 18.6 Å². The lowest BCUT2D eigenvalue weighted by molar-refractivity contribution is -0.119. The van der Waals surface area contributed by atoms with E-state index in [0.717, 1.165) is 31.6 Å². The number of benzene rings is 1. The Bertz CT molecular complexity index is 427. The molecule has 1 aromatic carbocycles. The van der Waals surface area contributed by atoms with E-state index in [0.29, 0.717) is 13.0 Å². The molecule has 1 atom stereocenters. The van der Waals surface area contributed by atoms with Crippen molar-refractivity contribution in [1.29, 1.82) is 0 Å². The monoisotopic (exact) mass is 279 g/mol. The lowest BCUT2D eigenvalue weighted by Crippen LogP contribution is -2.36. The summed E-state index contributed by atoms with van der Waals surface area (Å²) in [6.07, 6.45) is 4.05. The van der Waals surface area contributed by atoms with Crippen LogP contribution in [0.3, 0.4) is 0 Å². The molecule has 4 heteroatoms. The Balaban J connectivity index is 1.74. The summed E-state index contributed by atoms with van der Waals surface area (Å²) in [4.78, 5) is 14.0. The fraction of sp³-hybridized carbons (Fsp3) is 0.562. The summed E-state index contributed by atoms with van der Waals surface area (Å²) in [5, 5.41) is 0. The quantitative estimate of drug-likeness (QED) is 0.801. The van der Waals surface area contributed by atoms with Crippen LogP contribution in [-0.2, 0) is 16.0 Å². The van der Waals surface area contributed by atoms with Crippen LogP contribution in [0, 0.1) is 5.82 Å². The minimum Gasteiger partial charge on any atom is -0.377 e. The number of carbonyl (C=O) groups is 1. The van der Waals surface area contributed by atoms with Crippen molar-refractivity contribution in [2.24, 2.45) is 0 Å². The standard InChI is InChI=1S/C16H22FNO2/c1-18(12-16-4-2-3-9-20-16)11-15(19)10-13-5-7-14(17)8-6-13/h5-8,16H,2-4,9-12H2,1H3. The molecule has 0 saturated carbocycles. The molecule has 2 rings (SSSR count). The normalized spacial score (nSPS) is 19.2. The molecule has 20 heavy (non-hydrogen) atoms. The molecule has 0 N–H and O–H groups in total. The number of ether oxygens (including phenoxy) is 1. The predicted octanol–water partition coefficient (Wildman–Crippen LogP) is 2.44. The highest BCUT2D eigenvalue weighted by Gasteiger charge is 2.17. The van der Waals surface area contributed by atoms with E-state index in [1.807, 2.05) is 11.9 Å². The molecule has 0 spiro atoms. The number of carbonyl (C=O) groups excluding carboxylic acids is 1. The van der Waals surface area contributed by atoms with E-state index in [9.17, 15) is 9.18 Å². The number of halogens is 1. The minimum absolute atomic E-state index is 0.148. The first-order valence-electron chi connectivity index (χ1n) is 7.20. The Morgan fingerprint density at radius 1 is 1.35 bits per heavy atom. The molecule has 1 saturated heterocycles. The van der Waals surface area contributed by atoms with Gasteiger partial charge in [-0.2, -0.15) is 0 Å². The van der Waals surface area contributed by atoms with Crippen LogP contribution in [0.2, 0.25) is 0 Å². The number of hydrogen-bond donors (Lipinski definition) is 0. The van der Waals surface area contributed by atoms with Gasteiger partial charge in [0.05, 0.1) is 12.6 Å². The molecule has 1 aromatic rings. The van der Waals surface area contributed by atoms with Gasteiger partial charge in [-0.15, -0.1) is 0 Å². The summed E-state index contributed by atoms with van der Waals surface area (Å²) >= 11 is 0. The second-order valence-corrected chi connectivity index (χ2v) is 5.53. The molecule has 0 aliphatic carbocycles. The molecule has 110 valence electrons. The Kier molecular flexibility index (Phi) is 5.68. The SMILES string of the molecule is CN(CC(=O)Cc1ccc(F)cc1)CC1CCCCO1. The third-order valence-electron chi connectivity index (χ3n) is 3.55. The highest BCUT2D eigenvalue weighted by molar-refractivity contribution is 5.82. The highest BCUT2D eigenvalue weighted by Crippen LogP contribution is 2.13. The molecule has 1 aliphatic heterocycles. The number of nitrogens with zero attached hydrogens (tertiary/aromatic N) is 1. The van der Waals surface area contributed by atoms with Gasteiger partial charge in [-0.1, -0.05) is 12.1 Å². The van der Waals surface area contributed by atoms with Crippen molar-refractivity contribution in [3.05, 3.63) is 35.6 Å². The third-order valence-corrected chi connectivity index (χ3v) is 3.55. The summed E-state index contributed by atoms with van der Waals surface area (Å²) < 4.78 is 18.5. The third kappa shape index (κ3) is 5.02. The Hall–Kier alpha value is -1.26. The van der Waals surface area contributed by atoms with Gasteiger partial charge in [0.1, 0.15) is 5.82 Å². The van der Waals surface area contributed by atoms with Crippen molar-refractivity contribution in [2.45, 2.75) is 31.8 Å². The van der Waals surface area contributed by atoms with Crippen molar-refractivity contribution in [1.82, 2.24) is 4.90 Å². The second kappa shape index (κ2) is 7.50. The maximum absolute atomic E-state index is 12.8. The van der Waals surface area contributed by atoms with Gasteiger partial charge in [0.2, 0.25) is 0 Å². The van der Waals surface area contributed by atoms with Crippen LogP contribution in [0.4, 0.5) is 4.39 Å². The first-order chi connectivity index (χ1) is 9.63. The number of Topliss-reactive ketones (excluding diaryl/α,β-unsaturated/α-hetero) is 1. The molecule has 3 nitrogen and oxygen atoms in total. The van der Waals surface area contributed by atoms with Gasteiger partial charge >= 0.3 is 0 Å². The minimum atomic E-state index is -0.271. The molecule has 0 amide bonds. The van der Waals surface area contributed by atoms with Crippen LogP contribution in [0.5, 0.6) is 0 Å². The average Bonchev–Trinajstić information content (AvgIpc) is 2.42. The van der Waals surface area contributed by atoms with Crippen LogP contribution in [0.25, 0.3) is 0 Å². The van der Waals surface area contributed by atoms with Crippen LogP contribution in [-0.4, -0.2) is 43.5 Å². The van der Waals surface area contributed by atoms with Crippen LogP contribution in [0.15, 0.2) is 24.3 Å². The van der Waals surface area contributed by atoms with E-state index >= 15 is 0 Å². The van der Waals surface area contributed by atoms with E-state index < -0.39 is 0 Å². The smallest absolute Gasteiger partial charge is 0.151 e. The number of ketones is 1. The molecule has 0 bridgehead atoms. The lowest BCUT2D eigenvalue weighted by atomic mass is 10.1. The molecule has 1 aliphatic rings. The van der Waals surface area contributed by atoms with Crippen LogP contribution < -0.4 is 0 Å². The number of rotatable bonds is 6. The van der Waals surface area contributed by atoms with Gasteiger partial charge in [-0.25, -0.2) is 4.39 Å². The molecule has 1 heterocycles. The summed E-state index contributed by atoms with van der Waals surface area (Å²) in [5.41, 5.74) is 0.860. The molecule has 1 fully saturated rings. The van der Waals surface area contributed by atoms with Gasteiger partial charge in [0, 0.05) is 19.6 Å². The molecule has 0 aromatic heterocycles. The molecular weight excluding hydrogens is 257 g/mol. The van der Waals surface area contributed by atoms with E-state index in [2.05, 4.69) is 0 Å². The molecule has 1 unspecified atom stereocenters. The van der Waals surface area contributed by atoms with Crippen LogP contribution in [0.1, 0.15) is 24.8 Å².